The molecule has 0 aliphatic heterocycles. The van der Waals surface area contributed by atoms with Crippen LogP contribution >= 0.6 is 0 Å². The van der Waals surface area contributed by atoms with E-state index in [1.54, 1.807) is 0 Å². The number of hydrogen-bond donors (Lipinski definition) is 2. The highest BCUT2D eigenvalue weighted by atomic mass is 16.4. The van der Waals surface area contributed by atoms with E-state index >= 15 is 0 Å². The summed E-state index contributed by atoms with van der Waals surface area (Å²) in [6, 6.07) is 9.62. The lowest BCUT2D eigenvalue weighted by molar-refractivity contribution is -0.141. The van der Waals surface area contributed by atoms with E-state index in [0.29, 0.717) is 19.4 Å². The maximum atomic E-state index is 10.8. The molecule has 3 N–H and O–H groups in total. The Hall–Kier alpha value is -1.35. The van der Waals surface area contributed by atoms with Crippen LogP contribution in [0.4, 0.5) is 0 Å². The van der Waals surface area contributed by atoms with E-state index in [4.69, 9.17) is 10.8 Å². The molecule has 14 heavy (non-hydrogen) atoms. The summed E-state index contributed by atoms with van der Waals surface area (Å²) < 4.78 is 0. The number of carboxylic acid groups (broad SMARTS) is 1. The fourth-order valence-electron chi connectivity index (χ4n) is 1.41. The van der Waals surface area contributed by atoms with Gasteiger partial charge in [-0.1, -0.05) is 30.3 Å². The Balaban J connectivity index is 2.60. The summed E-state index contributed by atoms with van der Waals surface area (Å²) in [7, 11) is 0. The van der Waals surface area contributed by atoms with Gasteiger partial charge in [-0.15, -0.1) is 0 Å². The smallest absolute Gasteiger partial charge is 0.306 e. The lowest BCUT2D eigenvalue weighted by Gasteiger charge is -2.10. The second-order valence-electron chi connectivity index (χ2n) is 3.30. The summed E-state index contributed by atoms with van der Waals surface area (Å²) in [6.07, 6.45) is 1.09. The highest BCUT2D eigenvalue weighted by Crippen LogP contribution is 2.11. The van der Waals surface area contributed by atoms with Gasteiger partial charge in [0, 0.05) is 0 Å². The van der Waals surface area contributed by atoms with Crippen molar-refractivity contribution in [2.45, 2.75) is 12.8 Å². The summed E-state index contributed by atoms with van der Waals surface area (Å²) in [4.78, 5) is 10.8. The maximum absolute atomic E-state index is 10.8. The van der Waals surface area contributed by atoms with Crippen molar-refractivity contribution >= 4 is 5.97 Å². The molecule has 1 aromatic carbocycles. The van der Waals surface area contributed by atoms with Crippen LogP contribution in [0.15, 0.2) is 30.3 Å². The second kappa shape index (κ2) is 5.40. The van der Waals surface area contributed by atoms with E-state index in [-0.39, 0.29) is 5.92 Å². The fourth-order valence-corrected chi connectivity index (χ4v) is 1.41. The summed E-state index contributed by atoms with van der Waals surface area (Å²) >= 11 is 0. The minimum Gasteiger partial charge on any atom is -0.481 e. The van der Waals surface area contributed by atoms with E-state index < -0.39 is 5.97 Å². The summed E-state index contributed by atoms with van der Waals surface area (Å²) in [5.41, 5.74) is 6.41. The lowest BCUT2D eigenvalue weighted by atomic mass is 9.96. The van der Waals surface area contributed by atoms with Crippen LogP contribution in [0.5, 0.6) is 0 Å². The second-order valence-corrected chi connectivity index (χ2v) is 3.30. The molecular weight excluding hydrogens is 178 g/mol. The molecule has 3 nitrogen and oxygen atoms in total. The Bertz CT molecular complexity index is 285. The molecule has 0 fully saturated rings. The molecule has 76 valence electrons. The van der Waals surface area contributed by atoms with Crippen molar-refractivity contribution in [3.05, 3.63) is 35.9 Å². The Morgan fingerprint density at radius 2 is 2.00 bits per heavy atom. The molecule has 0 amide bonds. The van der Waals surface area contributed by atoms with Crippen LogP contribution in [-0.2, 0) is 11.2 Å². The fraction of sp³-hybridized carbons (Fsp3) is 0.364. The van der Waals surface area contributed by atoms with Crippen LogP contribution in [0.25, 0.3) is 0 Å². The van der Waals surface area contributed by atoms with Crippen molar-refractivity contribution in [1.29, 1.82) is 0 Å². The van der Waals surface area contributed by atoms with Gasteiger partial charge in [0.2, 0.25) is 0 Å². The van der Waals surface area contributed by atoms with E-state index in [1.165, 1.54) is 0 Å². The van der Waals surface area contributed by atoms with Crippen LogP contribution < -0.4 is 5.73 Å². The first-order valence-electron chi connectivity index (χ1n) is 4.71. The number of hydrogen-bond acceptors (Lipinski definition) is 2. The predicted molar refractivity (Wildman–Crippen MR) is 54.9 cm³/mol. The summed E-state index contributed by atoms with van der Waals surface area (Å²) in [5.74, 6) is -1.12. The third kappa shape index (κ3) is 3.18. The quantitative estimate of drug-likeness (QED) is 0.740. The molecular formula is C11H15NO2. The number of carboxylic acids is 1. The first kappa shape index (κ1) is 10.7. The first-order valence-corrected chi connectivity index (χ1v) is 4.71. The van der Waals surface area contributed by atoms with Gasteiger partial charge in [-0.05, 0) is 24.9 Å². The Labute approximate surface area is 83.6 Å². The number of benzene rings is 1. The van der Waals surface area contributed by atoms with Gasteiger partial charge >= 0.3 is 5.97 Å². The molecule has 0 spiro atoms. The molecule has 0 aliphatic carbocycles. The van der Waals surface area contributed by atoms with E-state index in [2.05, 4.69) is 0 Å². The number of aliphatic carboxylic acids is 1. The van der Waals surface area contributed by atoms with Crippen molar-refractivity contribution in [2.24, 2.45) is 11.7 Å². The Morgan fingerprint density at radius 3 is 2.50 bits per heavy atom. The molecule has 1 atom stereocenters. The van der Waals surface area contributed by atoms with Crippen molar-refractivity contribution in [1.82, 2.24) is 0 Å². The first-order chi connectivity index (χ1) is 6.74. The standard InChI is InChI=1S/C11H15NO2/c12-7-6-10(11(13)14)8-9-4-2-1-3-5-9/h1-5,10H,6-8,12H2,(H,13,14). The van der Waals surface area contributed by atoms with Crippen molar-refractivity contribution in [3.63, 3.8) is 0 Å². The van der Waals surface area contributed by atoms with Crippen LogP contribution in [0.2, 0.25) is 0 Å². The minimum atomic E-state index is -0.765. The molecule has 0 radical (unpaired) electrons. The Morgan fingerprint density at radius 1 is 1.36 bits per heavy atom. The molecule has 0 aliphatic rings. The van der Waals surface area contributed by atoms with Gasteiger partial charge in [0.15, 0.2) is 0 Å². The van der Waals surface area contributed by atoms with Gasteiger partial charge in [0.05, 0.1) is 5.92 Å². The molecule has 0 aromatic heterocycles. The molecule has 0 bridgehead atoms. The average Bonchev–Trinajstić information content (AvgIpc) is 2.18. The zero-order valence-electron chi connectivity index (χ0n) is 8.02. The van der Waals surface area contributed by atoms with Gasteiger partial charge < -0.3 is 10.8 Å². The van der Waals surface area contributed by atoms with Crippen LogP contribution in [0.3, 0.4) is 0 Å². The minimum absolute atomic E-state index is 0.359. The third-order valence-corrected chi connectivity index (χ3v) is 2.19. The lowest BCUT2D eigenvalue weighted by Crippen LogP contribution is -2.20. The number of carbonyl (C=O) groups is 1. The van der Waals surface area contributed by atoms with Gasteiger partial charge in [0.1, 0.15) is 0 Å². The average molecular weight is 193 g/mol. The summed E-state index contributed by atoms with van der Waals surface area (Å²) in [5, 5.41) is 8.91. The molecule has 0 saturated heterocycles. The maximum Gasteiger partial charge on any atom is 0.306 e. The van der Waals surface area contributed by atoms with Crippen LogP contribution in [0, 0.1) is 5.92 Å². The summed E-state index contributed by atoms with van der Waals surface area (Å²) in [6.45, 7) is 0.420. The van der Waals surface area contributed by atoms with Gasteiger partial charge in [0.25, 0.3) is 0 Å². The SMILES string of the molecule is NCCC(Cc1ccccc1)C(=O)O. The topological polar surface area (TPSA) is 63.3 Å². The zero-order chi connectivity index (χ0) is 10.4. The number of nitrogens with two attached hydrogens (primary N) is 1. The normalized spacial score (nSPS) is 12.4. The number of rotatable bonds is 5. The van der Waals surface area contributed by atoms with Crippen LogP contribution in [-0.4, -0.2) is 17.6 Å². The van der Waals surface area contributed by atoms with E-state index in [9.17, 15) is 4.79 Å². The van der Waals surface area contributed by atoms with Gasteiger partial charge in [-0.25, -0.2) is 0 Å². The molecule has 3 heteroatoms. The van der Waals surface area contributed by atoms with Crippen molar-refractivity contribution in [3.8, 4) is 0 Å². The van der Waals surface area contributed by atoms with E-state index in [1.807, 2.05) is 30.3 Å². The van der Waals surface area contributed by atoms with Gasteiger partial charge in [-0.2, -0.15) is 0 Å². The van der Waals surface area contributed by atoms with E-state index in [0.717, 1.165) is 5.56 Å². The Kier molecular flexibility index (Phi) is 4.13. The largest absolute Gasteiger partial charge is 0.481 e. The highest BCUT2D eigenvalue weighted by molar-refractivity contribution is 5.70. The molecule has 1 aromatic rings. The third-order valence-electron chi connectivity index (χ3n) is 2.19. The monoisotopic (exact) mass is 193 g/mol. The molecule has 0 saturated carbocycles. The van der Waals surface area contributed by atoms with Gasteiger partial charge in [-0.3, -0.25) is 4.79 Å². The van der Waals surface area contributed by atoms with Crippen molar-refractivity contribution < 1.29 is 9.90 Å². The van der Waals surface area contributed by atoms with Crippen molar-refractivity contribution in [2.75, 3.05) is 6.54 Å². The molecule has 1 unspecified atom stereocenters. The molecule has 0 heterocycles. The zero-order valence-corrected chi connectivity index (χ0v) is 8.02. The predicted octanol–water partition coefficient (Wildman–Crippen LogP) is 1.28. The highest BCUT2D eigenvalue weighted by Gasteiger charge is 2.16. The van der Waals surface area contributed by atoms with Crippen LogP contribution in [0.1, 0.15) is 12.0 Å². The molecule has 1 rings (SSSR count).